The van der Waals surface area contributed by atoms with Gasteiger partial charge in [0.25, 0.3) is 0 Å². The number of carbonyl (C=O) groups excluding carboxylic acids is 1. The zero-order chi connectivity index (χ0) is 14.4. The molecule has 0 aromatic carbocycles. The number of hydrogen-bond acceptors (Lipinski definition) is 3. The minimum atomic E-state index is -0.220. The first-order valence-corrected chi connectivity index (χ1v) is 7.56. The first-order chi connectivity index (χ1) is 8.96. The van der Waals surface area contributed by atoms with Crippen LogP contribution in [0.4, 0.5) is 0 Å². The van der Waals surface area contributed by atoms with Gasteiger partial charge in [0, 0.05) is 19.7 Å². The fraction of sp³-hybridized carbons (Fsp3) is 0.933. The summed E-state index contributed by atoms with van der Waals surface area (Å²) in [5, 5.41) is 15.5. The van der Waals surface area contributed by atoms with E-state index >= 15 is 0 Å². The second-order valence-electron chi connectivity index (χ2n) is 6.63. The zero-order valence-corrected chi connectivity index (χ0v) is 12.7. The fourth-order valence-electron chi connectivity index (χ4n) is 2.87. The van der Waals surface area contributed by atoms with Gasteiger partial charge >= 0.3 is 0 Å². The number of aliphatic hydroxyl groups is 1. The second-order valence-corrected chi connectivity index (χ2v) is 6.63. The molecule has 0 radical (unpaired) electrons. The lowest BCUT2D eigenvalue weighted by molar-refractivity contribution is -0.133. The lowest BCUT2D eigenvalue weighted by Crippen LogP contribution is -2.51. The molecular weight excluding hydrogens is 240 g/mol. The fourth-order valence-corrected chi connectivity index (χ4v) is 2.87. The minimum Gasteiger partial charge on any atom is -0.396 e. The van der Waals surface area contributed by atoms with Gasteiger partial charge in [0.15, 0.2) is 0 Å². The van der Waals surface area contributed by atoms with E-state index in [1.54, 1.807) is 0 Å². The molecule has 3 N–H and O–H groups in total. The molecule has 1 heterocycles. The van der Waals surface area contributed by atoms with Crippen LogP contribution in [0, 0.1) is 10.8 Å². The standard InChI is InChI=1S/C15H30N2O2/c1-4-6-15(7-5-9-16-12-15)13(19)17-11-14(2,3)8-10-18/h16,18H,4-12H2,1-3H3,(H,17,19). The molecule has 4 heteroatoms. The molecule has 0 bridgehead atoms. The lowest BCUT2D eigenvalue weighted by Gasteiger charge is -2.37. The van der Waals surface area contributed by atoms with Gasteiger partial charge in [-0.3, -0.25) is 4.79 Å². The lowest BCUT2D eigenvalue weighted by atomic mass is 9.76. The summed E-state index contributed by atoms with van der Waals surface area (Å²) in [4.78, 5) is 12.5. The largest absolute Gasteiger partial charge is 0.396 e. The zero-order valence-electron chi connectivity index (χ0n) is 12.7. The second kappa shape index (κ2) is 7.25. The van der Waals surface area contributed by atoms with Gasteiger partial charge in [-0.1, -0.05) is 27.2 Å². The highest BCUT2D eigenvalue weighted by molar-refractivity contribution is 5.83. The van der Waals surface area contributed by atoms with Crippen molar-refractivity contribution >= 4 is 5.91 Å². The number of amides is 1. The number of rotatable bonds is 7. The summed E-state index contributed by atoms with van der Waals surface area (Å²) in [7, 11) is 0. The SMILES string of the molecule is CCCC1(C(=O)NCC(C)(C)CCO)CCCNC1. The first-order valence-electron chi connectivity index (χ1n) is 7.56. The van der Waals surface area contributed by atoms with E-state index in [1.165, 1.54) is 0 Å². The highest BCUT2D eigenvalue weighted by atomic mass is 16.3. The summed E-state index contributed by atoms with van der Waals surface area (Å²) < 4.78 is 0. The van der Waals surface area contributed by atoms with Crippen molar-refractivity contribution in [2.24, 2.45) is 10.8 Å². The maximum absolute atomic E-state index is 12.5. The maximum Gasteiger partial charge on any atom is 0.227 e. The minimum absolute atomic E-state index is 0.0418. The smallest absolute Gasteiger partial charge is 0.227 e. The van der Waals surface area contributed by atoms with Crippen LogP contribution >= 0.6 is 0 Å². The predicted molar refractivity (Wildman–Crippen MR) is 77.9 cm³/mol. The van der Waals surface area contributed by atoms with Crippen molar-refractivity contribution in [3.63, 3.8) is 0 Å². The molecule has 1 unspecified atom stereocenters. The van der Waals surface area contributed by atoms with E-state index in [-0.39, 0.29) is 23.3 Å². The van der Waals surface area contributed by atoms with Gasteiger partial charge < -0.3 is 15.7 Å². The highest BCUT2D eigenvalue weighted by Gasteiger charge is 2.38. The summed E-state index contributed by atoms with van der Waals surface area (Å²) in [6.07, 6.45) is 4.77. The van der Waals surface area contributed by atoms with E-state index in [0.717, 1.165) is 38.8 Å². The summed E-state index contributed by atoms with van der Waals surface area (Å²) in [5.74, 6) is 0.188. The molecule has 1 saturated heterocycles. The molecule has 0 spiro atoms. The van der Waals surface area contributed by atoms with Crippen LogP contribution in [-0.2, 0) is 4.79 Å². The third-order valence-electron chi connectivity index (χ3n) is 4.20. The average molecular weight is 270 g/mol. The van der Waals surface area contributed by atoms with Crippen LogP contribution in [0.3, 0.4) is 0 Å². The molecule has 19 heavy (non-hydrogen) atoms. The molecule has 0 aliphatic carbocycles. The molecule has 0 aromatic rings. The average Bonchev–Trinajstić information content (AvgIpc) is 2.37. The third-order valence-corrected chi connectivity index (χ3v) is 4.20. The number of nitrogens with one attached hydrogen (secondary N) is 2. The van der Waals surface area contributed by atoms with E-state index in [0.29, 0.717) is 13.0 Å². The summed E-state index contributed by atoms with van der Waals surface area (Å²) >= 11 is 0. The molecule has 1 aliphatic heterocycles. The Morgan fingerprint density at radius 2 is 2.21 bits per heavy atom. The summed E-state index contributed by atoms with van der Waals surface area (Å²) in [6, 6.07) is 0. The molecule has 1 amide bonds. The summed E-state index contributed by atoms with van der Waals surface area (Å²) in [5.41, 5.74) is -0.262. The van der Waals surface area contributed by atoms with E-state index in [2.05, 4.69) is 31.4 Å². The predicted octanol–water partition coefficient (Wildman–Crippen LogP) is 1.68. The van der Waals surface area contributed by atoms with E-state index < -0.39 is 0 Å². The Labute approximate surface area is 117 Å². The molecule has 0 saturated carbocycles. The molecule has 1 rings (SSSR count). The van der Waals surface area contributed by atoms with Crippen molar-refractivity contribution in [2.75, 3.05) is 26.2 Å². The van der Waals surface area contributed by atoms with Crippen LogP contribution in [-0.4, -0.2) is 37.3 Å². The maximum atomic E-state index is 12.5. The number of piperidine rings is 1. The normalized spacial score (nSPS) is 24.2. The van der Waals surface area contributed by atoms with Crippen LogP contribution in [0.1, 0.15) is 52.9 Å². The molecule has 1 aliphatic rings. The number of carbonyl (C=O) groups is 1. The molecule has 1 atom stereocenters. The van der Waals surface area contributed by atoms with Crippen LogP contribution in [0.15, 0.2) is 0 Å². The van der Waals surface area contributed by atoms with Crippen molar-refractivity contribution in [2.45, 2.75) is 52.9 Å². The molecular formula is C15H30N2O2. The van der Waals surface area contributed by atoms with Gasteiger partial charge in [0.1, 0.15) is 0 Å². The first kappa shape index (κ1) is 16.4. The van der Waals surface area contributed by atoms with Crippen LogP contribution in [0.2, 0.25) is 0 Å². The van der Waals surface area contributed by atoms with Crippen LogP contribution in [0.5, 0.6) is 0 Å². The molecule has 4 nitrogen and oxygen atoms in total. The van der Waals surface area contributed by atoms with Gasteiger partial charge in [-0.2, -0.15) is 0 Å². The van der Waals surface area contributed by atoms with E-state index in [1.807, 2.05) is 0 Å². The van der Waals surface area contributed by atoms with Gasteiger partial charge in [0.05, 0.1) is 5.41 Å². The van der Waals surface area contributed by atoms with Gasteiger partial charge in [-0.25, -0.2) is 0 Å². The Balaban J connectivity index is 2.57. The topological polar surface area (TPSA) is 61.4 Å². The number of hydrogen-bond donors (Lipinski definition) is 3. The third kappa shape index (κ3) is 4.77. The Morgan fingerprint density at radius 3 is 2.74 bits per heavy atom. The van der Waals surface area contributed by atoms with Crippen LogP contribution < -0.4 is 10.6 Å². The highest BCUT2D eigenvalue weighted by Crippen LogP contribution is 2.32. The molecule has 1 fully saturated rings. The van der Waals surface area contributed by atoms with Crippen LogP contribution in [0.25, 0.3) is 0 Å². The van der Waals surface area contributed by atoms with Gasteiger partial charge in [-0.15, -0.1) is 0 Å². The quantitative estimate of drug-likeness (QED) is 0.659. The van der Waals surface area contributed by atoms with Crippen molar-refractivity contribution in [3.05, 3.63) is 0 Å². The van der Waals surface area contributed by atoms with Crippen molar-refractivity contribution in [1.29, 1.82) is 0 Å². The number of aliphatic hydroxyl groups excluding tert-OH is 1. The Kier molecular flexibility index (Phi) is 6.27. The Hall–Kier alpha value is -0.610. The monoisotopic (exact) mass is 270 g/mol. The van der Waals surface area contributed by atoms with Crippen molar-refractivity contribution < 1.29 is 9.90 Å². The van der Waals surface area contributed by atoms with Crippen molar-refractivity contribution in [3.8, 4) is 0 Å². The summed E-state index contributed by atoms with van der Waals surface area (Å²) in [6.45, 7) is 8.92. The van der Waals surface area contributed by atoms with Gasteiger partial charge in [-0.05, 0) is 37.6 Å². The Morgan fingerprint density at radius 1 is 1.47 bits per heavy atom. The molecule has 0 aromatic heterocycles. The van der Waals surface area contributed by atoms with E-state index in [4.69, 9.17) is 5.11 Å². The molecule has 112 valence electrons. The van der Waals surface area contributed by atoms with E-state index in [9.17, 15) is 4.79 Å². The van der Waals surface area contributed by atoms with Gasteiger partial charge in [0.2, 0.25) is 5.91 Å². The van der Waals surface area contributed by atoms with Crippen molar-refractivity contribution in [1.82, 2.24) is 10.6 Å². The Bertz CT molecular complexity index is 278.